The molecule has 0 spiro atoms. The first kappa shape index (κ1) is 19.7. The van der Waals surface area contributed by atoms with Gasteiger partial charge in [-0.25, -0.2) is 0 Å². The molecule has 28 heavy (non-hydrogen) atoms. The maximum atomic E-state index is 12.2. The minimum Gasteiger partial charge on any atom is -0.467 e. The van der Waals surface area contributed by atoms with Crippen LogP contribution in [0.1, 0.15) is 18.7 Å². The van der Waals surface area contributed by atoms with Crippen LogP contribution in [-0.2, 0) is 4.79 Å². The van der Waals surface area contributed by atoms with Crippen LogP contribution in [0.15, 0.2) is 52.2 Å². The molecule has 0 fully saturated rings. The Kier molecular flexibility index (Phi) is 5.87. The third-order valence-corrected chi connectivity index (χ3v) is 4.35. The molecule has 0 bridgehead atoms. The van der Waals surface area contributed by atoms with E-state index in [0.29, 0.717) is 16.6 Å². The van der Waals surface area contributed by atoms with Crippen molar-refractivity contribution < 1.29 is 27.1 Å². The van der Waals surface area contributed by atoms with Crippen LogP contribution in [0.3, 0.4) is 0 Å². The lowest BCUT2D eigenvalue weighted by Crippen LogP contribution is -2.28. The van der Waals surface area contributed by atoms with Gasteiger partial charge in [-0.05, 0) is 53.7 Å². The summed E-state index contributed by atoms with van der Waals surface area (Å²) in [6.45, 7) is 1.79. The number of halogens is 3. The number of nitrogens with zero attached hydrogens (tertiary/aromatic N) is 4. The van der Waals surface area contributed by atoms with E-state index in [1.165, 1.54) is 23.1 Å². The van der Waals surface area contributed by atoms with E-state index in [4.69, 9.17) is 4.42 Å². The topological polar surface area (TPSA) is 95.1 Å². The third-order valence-electron chi connectivity index (χ3n) is 3.44. The summed E-state index contributed by atoms with van der Waals surface area (Å²) in [5.41, 5.74) is 0.423. The average Bonchev–Trinajstić information content (AvgIpc) is 3.31. The van der Waals surface area contributed by atoms with E-state index in [1.807, 2.05) is 0 Å². The summed E-state index contributed by atoms with van der Waals surface area (Å²) in [5.74, 6) is 0.0623. The van der Waals surface area contributed by atoms with Gasteiger partial charge in [0.2, 0.25) is 11.1 Å². The SMILES string of the molecule is C[C@@H](NC(=O)CSc1nnnn1-c1ccc(OC(F)(F)F)cc1)c1ccco1. The quantitative estimate of drug-likeness (QED) is 0.595. The van der Waals surface area contributed by atoms with Gasteiger partial charge in [-0.15, -0.1) is 18.3 Å². The first-order valence-electron chi connectivity index (χ1n) is 7.92. The Morgan fingerprint density at radius 2 is 2.07 bits per heavy atom. The molecule has 1 amide bonds. The van der Waals surface area contributed by atoms with Crippen molar-refractivity contribution in [2.75, 3.05) is 5.75 Å². The van der Waals surface area contributed by atoms with Crippen molar-refractivity contribution in [3.8, 4) is 11.4 Å². The summed E-state index contributed by atoms with van der Waals surface area (Å²) in [5, 5.41) is 14.3. The highest BCUT2D eigenvalue weighted by Crippen LogP contribution is 2.25. The Labute approximate surface area is 161 Å². The van der Waals surface area contributed by atoms with Gasteiger partial charge in [-0.3, -0.25) is 4.79 Å². The second-order valence-corrected chi connectivity index (χ2v) is 6.45. The molecule has 0 saturated carbocycles. The molecule has 0 unspecified atom stereocenters. The van der Waals surface area contributed by atoms with Crippen molar-refractivity contribution in [3.63, 3.8) is 0 Å². The second-order valence-electron chi connectivity index (χ2n) is 5.51. The van der Waals surface area contributed by atoms with Crippen LogP contribution in [0, 0.1) is 0 Å². The molecular formula is C16H14F3N5O3S. The molecule has 12 heteroatoms. The minimum absolute atomic E-state index is 0.0424. The van der Waals surface area contributed by atoms with Gasteiger partial charge in [-0.2, -0.15) is 4.68 Å². The predicted octanol–water partition coefficient (Wildman–Crippen LogP) is 3.12. The standard InChI is InChI=1S/C16H14F3N5O3S/c1-10(13-3-2-8-26-13)20-14(25)9-28-15-21-22-23-24(15)11-4-6-12(7-5-11)27-16(17,18)19/h2-8,10H,9H2,1H3,(H,20,25)/t10-/m1/s1. The highest BCUT2D eigenvalue weighted by atomic mass is 32.2. The van der Waals surface area contributed by atoms with Gasteiger partial charge in [0, 0.05) is 0 Å². The molecule has 0 aliphatic rings. The lowest BCUT2D eigenvalue weighted by atomic mass is 10.2. The molecule has 148 valence electrons. The summed E-state index contributed by atoms with van der Waals surface area (Å²) in [4.78, 5) is 12.1. The van der Waals surface area contributed by atoms with Gasteiger partial charge < -0.3 is 14.5 Å². The summed E-state index contributed by atoms with van der Waals surface area (Å²) in [6, 6.07) is 8.24. The van der Waals surface area contributed by atoms with E-state index in [-0.39, 0.29) is 23.5 Å². The largest absolute Gasteiger partial charge is 0.573 e. The fourth-order valence-electron chi connectivity index (χ4n) is 2.24. The number of hydrogen-bond acceptors (Lipinski definition) is 7. The van der Waals surface area contributed by atoms with Crippen molar-refractivity contribution in [1.82, 2.24) is 25.5 Å². The van der Waals surface area contributed by atoms with E-state index in [1.54, 1.807) is 19.1 Å². The lowest BCUT2D eigenvalue weighted by molar-refractivity contribution is -0.274. The second kappa shape index (κ2) is 8.33. The number of rotatable bonds is 7. The van der Waals surface area contributed by atoms with Crippen LogP contribution in [0.25, 0.3) is 5.69 Å². The summed E-state index contributed by atoms with van der Waals surface area (Å²) < 4.78 is 47.0. The lowest BCUT2D eigenvalue weighted by Gasteiger charge is -2.11. The minimum atomic E-state index is -4.77. The van der Waals surface area contributed by atoms with Gasteiger partial charge in [0.15, 0.2) is 0 Å². The van der Waals surface area contributed by atoms with E-state index < -0.39 is 6.36 Å². The van der Waals surface area contributed by atoms with E-state index in [2.05, 4.69) is 25.6 Å². The van der Waals surface area contributed by atoms with Crippen LogP contribution in [0.2, 0.25) is 0 Å². The number of alkyl halides is 3. The first-order valence-corrected chi connectivity index (χ1v) is 8.90. The van der Waals surface area contributed by atoms with Gasteiger partial charge in [0.25, 0.3) is 0 Å². The number of amides is 1. The van der Waals surface area contributed by atoms with Crippen LogP contribution >= 0.6 is 11.8 Å². The van der Waals surface area contributed by atoms with Crippen LogP contribution < -0.4 is 10.1 Å². The molecule has 8 nitrogen and oxygen atoms in total. The number of furan rings is 1. The molecule has 1 atom stereocenters. The normalized spacial score (nSPS) is 12.6. The molecule has 1 N–H and O–H groups in total. The fraction of sp³-hybridized carbons (Fsp3) is 0.250. The van der Waals surface area contributed by atoms with Crippen molar-refractivity contribution in [1.29, 1.82) is 0 Å². The number of thioether (sulfide) groups is 1. The maximum Gasteiger partial charge on any atom is 0.573 e. The third kappa shape index (κ3) is 5.25. The van der Waals surface area contributed by atoms with Crippen LogP contribution in [0.5, 0.6) is 5.75 Å². The number of hydrogen-bond donors (Lipinski definition) is 1. The smallest absolute Gasteiger partial charge is 0.467 e. The molecule has 0 radical (unpaired) electrons. The van der Waals surface area contributed by atoms with E-state index in [0.717, 1.165) is 23.9 Å². The monoisotopic (exact) mass is 413 g/mol. The number of ether oxygens (including phenoxy) is 1. The molecule has 3 aromatic rings. The number of aromatic nitrogens is 4. The van der Waals surface area contributed by atoms with Crippen LogP contribution in [-0.4, -0.2) is 38.2 Å². The zero-order valence-electron chi connectivity index (χ0n) is 14.4. The number of carbonyl (C=O) groups excluding carboxylic acids is 1. The zero-order valence-corrected chi connectivity index (χ0v) is 15.2. The number of tetrazole rings is 1. The van der Waals surface area contributed by atoms with Crippen molar-refractivity contribution in [3.05, 3.63) is 48.4 Å². The van der Waals surface area contributed by atoms with Crippen molar-refractivity contribution in [2.45, 2.75) is 24.5 Å². The summed E-state index contributed by atoms with van der Waals surface area (Å²) in [7, 11) is 0. The molecule has 0 aliphatic heterocycles. The van der Waals surface area contributed by atoms with Crippen molar-refractivity contribution >= 4 is 17.7 Å². The number of benzene rings is 1. The molecule has 2 aromatic heterocycles. The average molecular weight is 413 g/mol. The molecule has 0 saturated heterocycles. The fourth-order valence-corrected chi connectivity index (χ4v) is 2.94. The Morgan fingerprint density at radius 1 is 1.32 bits per heavy atom. The molecule has 2 heterocycles. The Balaban J connectivity index is 1.60. The van der Waals surface area contributed by atoms with Crippen LogP contribution in [0.4, 0.5) is 13.2 Å². The van der Waals surface area contributed by atoms with Gasteiger partial charge in [-0.1, -0.05) is 11.8 Å². The summed E-state index contributed by atoms with van der Waals surface area (Å²) in [6.07, 6.45) is -3.25. The Bertz CT molecular complexity index is 913. The van der Waals surface area contributed by atoms with Gasteiger partial charge in [0.1, 0.15) is 11.5 Å². The first-order chi connectivity index (χ1) is 13.3. The molecule has 0 aliphatic carbocycles. The highest BCUT2D eigenvalue weighted by molar-refractivity contribution is 7.99. The zero-order chi connectivity index (χ0) is 20.1. The van der Waals surface area contributed by atoms with Gasteiger partial charge in [0.05, 0.1) is 23.7 Å². The van der Waals surface area contributed by atoms with Gasteiger partial charge >= 0.3 is 6.36 Å². The van der Waals surface area contributed by atoms with E-state index in [9.17, 15) is 18.0 Å². The summed E-state index contributed by atoms with van der Waals surface area (Å²) >= 11 is 1.08. The molecular weight excluding hydrogens is 399 g/mol. The predicted molar refractivity (Wildman–Crippen MR) is 91.8 cm³/mol. The molecule has 1 aromatic carbocycles. The van der Waals surface area contributed by atoms with E-state index >= 15 is 0 Å². The molecule has 3 rings (SSSR count). The highest BCUT2D eigenvalue weighted by Gasteiger charge is 2.31. The maximum absolute atomic E-state index is 12.2. The number of carbonyl (C=O) groups is 1. The van der Waals surface area contributed by atoms with Crippen molar-refractivity contribution in [2.24, 2.45) is 0 Å². The Hall–Kier alpha value is -3.02. The Morgan fingerprint density at radius 3 is 2.71 bits per heavy atom. The number of nitrogens with one attached hydrogen (secondary N) is 1.